The number of fused-ring (bicyclic) bond motifs is 1. The van der Waals surface area contributed by atoms with E-state index < -0.39 is 0 Å². The molecule has 4 nitrogen and oxygen atoms in total. The number of aliphatic hydroxyl groups is 1. The van der Waals surface area contributed by atoms with Gasteiger partial charge in [0, 0.05) is 23.7 Å². The van der Waals surface area contributed by atoms with Gasteiger partial charge >= 0.3 is 0 Å². The summed E-state index contributed by atoms with van der Waals surface area (Å²) in [7, 11) is 0. The van der Waals surface area contributed by atoms with Gasteiger partial charge in [0.15, 0.2) is 4.96 Å². The first-order chi connectivity index (χ1) is 7.61. The maximum absolute atomic E-state index is 8.97. The molecule has 88 valence electrons. The van der Waals surface area contributed by atoms with E-state index in [4.69, 9.17) is 5.11 Å². The van der Waals surface area contributed by atoms with Crippen LogP contribution in [0.3, 0.4) is 0 Å². The van der Waals surface area contributed by atoms with Crippen LogP contribution in [0.25, 0.3) is 4.96 Å². The minimum Gasteiger partial charge on any atom is -0.395 e. The Hall–Kier alpha value is -0.910. The van der Waals surface area contributed by atoms with Crippen molar-refractivity contribution in [3.63, 3.8) is 0 Å². The molecule has 2 aromatic heterocycles. The van der Waals surface area contributed by atoms with Crippen LogP contribution in [0, 0.1) is 13.8 Å². The smallest absolute Gasteiger partial charge is 0.194 e. The molecule has 0 aliphatic carbocycles. The van der Waals surface area contributed by atoms with E-state index in [1.54, 1.807) is 11.3 Å². The predicted octanol–water partition coefficient (Wildman–Crippen LogP) is 1.48. The number of aliphatic hydroxyl groups excluding tert-OH is 1. The average Bonchev–Trinajstić information content (AvgIpc) is 2.71. The highest BCUT2D eigenvalue weighted by Crippen LogP contribution is 2.20. The summed E-state index contributed by atoms with van der Waals surface area (Å²) in [6.45, 7) is 6.97. The molecule has 1 unspecified atom stereocenters. The van der Waals surface area contributed by atoms with Crippen molar-refractivity contribution >= 4 is 16.3 Å². The lowest BCUT2D eigenvalue weighted by Crippen LogP contribution is -2.29. The average molecular weight is 239 g/mol. The molecule has 2 aromatic rings. The third-order valence-corrected chi connectivity index (χ3v) is 3.53. The number of nitrogens with zero attached hydrogens (tertiary/aromatic N) is 2. The summed E-state index contributed by atoms with van der Waals surface area (Å²) in [6, 6.07) is 0.115. The van der Waals surface area contributed by atoms with E-state index in [2.05, 4.69) is 27.8 Å². The molecule has 0 fully saturated rings. The van der Waals surface area contributed by atoms with Crippen LogP contribution in [0.2, 0.25) is 0 Å². The van der Waals surface area contributed by atoms with Crippen molar-refractivity contribution in [1.29, 1.82) is 0 Å². The minimum absolute atomic E-state index is 0.115. The number of aromatic nitrogens is 2. The summed E-state index contributed by atoms with van der Waals surface area (Å²) < 4.78 is 2.13. The van der Waals surface area contributed by atoms with Crippen molar-refractivity contribution in [2.45, 2.75) is 33.4 Å². The van der Waals surface area contributed by atoms with Crippen LogP contribution in [0.1, 0.15) is 23.2 Å². The summed E-state index contributed by atoms with van der Waals surface area (Å²) in [5.74, 6) is 0. The third-order valence-electron chi connectivity index (χ3n) is 2.63. The van der Waals surface area contributed by atoms with Gasteiger partial charge in [-0.1, -0.05) is 0 Å². The Bertz CT molecular complexity index is 489. The van der Waals surface area contributed by atoms with E-state index >= 15 is 0 Å². The molecule has 2 N–H and O–H groups in total. The summed E-state index contributed by atoms with van der Waals surface area (Å²) in [5, 5.41) is 12.2. The molecule has 5 heteroatoms. The molecule has 0 aromatic carbocycles. The van der Waals surface area contributed by atoms with Crippen LogP contribution in [-0.4, -0.2) is 27.1 Å². The number of hydrogen-bond acceptors (Lipinski definition) is 4. The van der Waals surface area contributed by atoms with E-state index in [9.17, 15) is 0 Å². The predicted molar refractivity (Wildman–Crippen MR) is 65.9 cm³/mol. The molecule has 0 spiro atoms. The maximum atomic E-state index is 8.97. The number of imidazole rings is 1. The van der Waals surface area contributed by atoms with Gasteiger partial charge in [-0.2, -0.15) is 0 Å². The summed E-state index contributed by atoms with van der Waals surface area (Å²) in [6.07, 6.45) is 2.11. The molecule has 0 saturated heterocycles. The zero-order chi connectivity index (χ0) is 11.7. The van der Waals surface area contributed by atoms with E-state index in [0.717, 1.165) is 17.2 Å². The number of hydrogen-bond donors (Lipinski definition) is 2. The second kappa shape index (κ2) is 4.53. The molecule has 16 heavy (non-hydrogen) atoms. The standard InChI is InChI=1S/C11H17N3OS/c1-7(6-15)12-4-10-9(3)13-11-14(10)5-8(2)16-11/h5,7,12,15H,4,6H2,1-3H3. The SMILES string of the molecule is Cc1cn2c(CNC(C)CO)c(C)nc2s1. The first-order valence-corrected chi connectivity index (χ1v) is 6.21. The molecule has 0 bridgehead atoms. The normalized spacial score (nSPS) is 13.5. The van der Waals surface area contributed by atoms with E-state index in [1.165, 1.54) is 10.6 Å². The van der Waals surface area contributed by atoms with E-state index in [0.29, 0.717) is 0 Å². The quantitative estimate of drug-likeness (QED) is 0.849. The molecule has 0 aliphatic heterocycles. The Morgan fingerprint density at radius 3 is 3.00 bits per heavy atom. The van der Waals surface area contributed by atoms with Crippen LogP contribution >= 0.6 is 11.3 Å². The van der Waals surface area contributed by atoms with Crippen molar-refractivity contribution in [1.82, 2.24) is 14.7 Å². The van der Waals surface area contributed by atoms with Gasteiger partial charge in [0.2, 0.25) is 0 Å². The maximum Gasteiger partial charge on any atom is 0.194 e. The van der Waals surface area contributed by atoms with Gasteiger partial charge in [-0.05, 0) is 20.8 Å². The Morgan fingerprint density at radius 2 is 2.31 bits per heavy atom. The Morgan fingerprint density at radius 1 is 1.56 bits per heavy atom. The Labute approximate surface area is 98.9 Å². The first kappa shape index (κ1) is 11.6. The van der Waals surface area contributed by atoms with Gasteiger partial charge in [-0.3, -0.25) is 4.40 Å². The summed E-state index contributed by atoms with van der Waals surface area (Å²) in [4.78, 5) is 6.82. The number of aryl methyl sites for hydroxylation is 2. The lowest BCUT2D eigenvalue weighted by atomic mass is 10.3. The van der Waals surface area contributed by atoms with Gasteiger partial charge in [0.25, 0.3) is 0 Å². The zero-order valence-electron chi connectivity index (χ0n) is 9.82. The first-order valence-electron chi connectivity index (χ1n) is 5.40. The largest absolute Gasteiger partial charge is 0.395 e. The Kier molecular flexibility index (Phi) is 3.28. The van der Waals surface area contributed by atoms with E-state index in [-0.39, 0.29) is 12.6 Å². The molecular weight excluding hydrogens is 222 g/mol. The summed E-state index contributed by atoms with van der Waals surface area (Å²) in [5.41, 5.74) is 2.24. The number of thiazole rings is 1. The molecule has 0 saturated carbocycles. The van der Waals surface area contributed by atoms with Gasteiger partial charge in [-0.15, -0.1) is 11.3 Å². The van der Waals surface area contributed by atoms with E-state index in [1.807, 2.05) is 13.8 Å². The van der Waals surface area contributed by atoms with Gasteiger partial charge in [-0.25, -0.2) is 4.98 Å². The molecule has 1 atom stereocenters. The van der Waals surface area contributed by atoms with Gasteiger partial charge in [0.1, 0.15) is 0 Å². The number of rotatable bonds is 4. The van der Waals surface area contributed by atoms with Crippen molar-refractivity contribution in [3.8, 4) is 0 Å². The lowest BCUT2D eigenvalue weighted by molar-refractivity contribution is 0.250. The minimum atomic E-state index is 0.115. The van der Waals surface area contributed by atoms with Crippen LogP contribution < -0.4 is 5.32 Å². The molecule has 0 radical (unpaired) electrons. The van der Waals surface area contributed by atoms with Gasteiger partial charge < -0.3 is 10.4 Å². The van der Waals surface area contributed by atoms with Crippen molar-refractivity contribution < 1.29 is 5.11 Å². The molecule has 0 amide bonds. The highest BCUT2D eigenvalue weighted by atomic mass is 32.1. The highest BCUT2D eigenvalue weighted by Gasteiger charge is 2.11. The fourth-order valence-electron chi connectivity index (χ4n) is 1.66. The highest BCUT2D eigenvalue weighted by molar-refractivity contribution is 7.17. The monoisotopic (exact) mass is 239 g/mol. The zero-order valence-corrected chi connectivity index (χ0v) is 10.6. The Balaban J connectivity index is 2.24. The van der Waals surface area contributed by atoms with Crippen molar-refractivity contribution in [2.24, 2.45) is 0 Å². The fourth-order valence-corrected chi connectivity index (χ4v) is 2.55. The van der Waals surface area contributed by atoms with Crippen molar-refractivity contribution in [2.75, 3.05) is 6.61 Å². The van der Waals surface area contributed by atoms with Crippen molar-refractivity contribution in [3.05, 3.63) is 22.5 Å². The fraction of sp³-hybridized carbons (Fsp3) is 0.545. The molecular formula is C11H17N3OS. The third kappa shape index (κ3) is 2.11. The van der Waals surface area contributed by atoms with Crippen LogP contribution in [-0.2, 0) is 6.54 Å². The van der Waals surface area contributed by atoms with Crippen LogP contribution in [0.5, 0.6) is 0 Å². The molecule has 0 aliphatic rings. The lowest BCUT2D eigenvalue weighted by Gasteiger charge is -2.10. The molecule has 2 rings (SSSR count). The molecule has 2 heterocycles. The second-order valence-corrected chi connectivity index (χ2v) is 5.32. The van der Waals surface area contributed by atoms with Gasteiger partial charge in [0.05, 0.1) is 18.0 Å². The second-order valence-electron chi connectivity index (χ2n) is 4.10. The van der Waals surface area contributed by atoms with Crippen LogP contribution in [0.4, 0.5) is 0 Å². The topological polar surface area (TPSA) is 49.6 Å². The number of nitrogens with one attached hydrogen (secondary N) is 1. The van der Waals surface area contributed by atoms with Crippen LogP contribution in [0.15, 0.2) is 6.20 Å². The summed E-state index contributed by atoms with van der Waals surface area (Å²) >= 11 is 1.70.